The van der Waals surface area contributed by atoms with Crippen LogP contribution in [-0.4, -0.2) is 27.0 Å². The second-order valence-corrected chi connectivity index (χ2v) is 4.51. The lowest BCUT2D eigenvalue weighted by molar-refractivity contribution is -0.383. The van der Waals surface area contributed by atoms with E-state index < -0.39 is 16.9 Å². The fraction of sp³-hybridized carbons (Fsp3) is 0.250. The minimum Gasteiger partial charge on any atom is -0.480 e. The molecule has 98 valence electrons. The fourth-order valence-electron chi connectivity index (χ4n) is 2.55. The van der Waals surface area contributed by atoms with Crippen LogP contribution in [0.25, 0.3) is 10.9 Å². The number of carboxylic acids is 1. The zero-order valence-electron chi connectivity index (χ0n) is 9.84. The number of benzene rings is 1. The Morgan fingerprint density at radius 3 is 2.95 bits per heavy atom. The Bertz CT molecular complexity index is 692. The van der Waals surface area contributed by atoms with Crippen molar-refractivity contribution in [3.05, 3.63) is 39.6 Å². The van der Waals surface area contributed by atoms with Crippen LogP contribution in [0.3, 0.4) is 0 Å². The van der Waals surface area contributed by atoms with E-state index in [0.29, 0.717) is 17.4 Å². The lowest BCUT2D eigenvalue weighted by atomic mass is 9.98. The molecule has 1 aliphatic heterocycles. The van der Waals surface area contributed by atoms with Crippen LogP contribution in [0, 0.1) is 10.1 Å². The summed E-state index contributed by atoms with van der Waals surface area (Å²) in [4.78, 5) is 24.8. The van der Waals surface area contributed by atoms with Gasteiger partial charge in [0.2, 0.25) is 0 Å². The van der Waals surface area contributed by atoms with Gasteiger partial charge in [0.05, 0.1) is 15.8 Å². The van der Waals surface area contributed by atoms with Crippen LogP contribution in [0.5, 0.6) is 0 Å². The maximum Gasteiger partial charge on any atom is 0.321 e. The number of rotatable bonds is 2. The summed E-state index contributed by atoms with van der Waals surface area (Å²) in [5.74, 6) is -0.946. The number of aliphatic carboxylic acids is 1. The molecular formula is C12H11N3O4. The predicted octanol–water partition coefficient (Wildman–Crippen LogP) is 1.18. The van der Waals surface area contributed by atoms with E-state index in [1.165, 1.54) is 6.07 Å². The zero-order valence-corrected chi connectivity index (χ0v) is 9.84. The number of aromatic amines is 1. The molecule has 0 radical (unpaired) electrons. The first-order valence-electron chi connectivity index (χ1n) is 5.81. The number of fused-ring (bicyclic) bond motifs is 3. The normalized spacial score (nSPS) is 18.2. The number of H-pyrrole nitrogens is 1. The summed E-state index contributed by atoms with van der Waals surface area (Å²) in [5, 5.41) is 23.5. The van der Waals surface area contributed by atoms with Gasteiger partial charge in [-0.2, -0.15) is 0 Å². The van der Waals surface area contributed by atoms with Gasteiger partial charge in [0.25, 0.3) is 5.69 Å². The van der Waals surface area contributed by atoms with E-state index in [2.05, 4.69) is 10.3 Å². The van der Waals surface area contributed by atoms with E-state index in [4.69, 9.17) is 5.11 Å². The minimum atomic E-state index is -0.946. The summed E-state index contributed by atoms with van der Waals surface area (Å²) < 4.78 is 0. The molecule has 0 amide bonds. The second kappa shape index (κ2) is 4.06. The Kier molecular flexibility index (Phi) is 2.49. The molecule has 2 heterocycles. The smallest absolute Gasteiger partial charge is 0.321 e. The average Bonchev–Trinajstić information content (AvgIpc) is 2.75. The first-order valence-corrected chi connectivity index (χ1v) is 5.81. The number of nitro benzene ring substituents is 1. The van der Waals surface area contributed by atoms with Crippen molar-refractivity contribution in [2.24, 2.45) is 0 Å². The van der Waals surface area contributed by atoms with Gasteiger partial charge in [-0.25, -0.2) is 0 Å². The first kappa shape index (κ1) is 11.7. The van der Waals surface area contributed by atoms with E-state index in [-0.39, 0.29) is 12.1 Å². The van der Waals surface area contributed by atoms with Gasteiger partial charge in [-0.1, -0.05) is 6.07 Å². The maximum atomic E-state index is 11.1. The monoisotopic (exact) mass is 261 g/mol. The molecule has 0 fully saturated rings. The van der Waals surface area contributed by atoms with E-state index in [0.717, 1.165) is 11.3 Å². The Balaban J connectivity index is 2.21. The minimum absolute atomic E-state index is 0.0149. The number of aromatic nitrogens is 1. The molecule has 1 aromatic heterocycles. The van der Waals surface area contributed by atoms with Crippen molar-refractivity contribution in [1.82, 2.24) is 10.3 Å². The van der Waals surface area contributed by atoms with Crippen molar-refractivity contribution in [3.8, 4) is 0 Å². The van der Waals surface area contributed by atoms with Gasteiger partial charge >= 0.3 is 5.97 Å². The topological polar surface area (TPSA) is 108 Å². The van der Waals surface area contributed by atoms with E-state index >= 15 is 0 Å². The molecule has 0 aliphatic carbocycles. The van der Waals surface area contributed by atoms with Crippen molar-refractivity contribution in [3.63, 3.8) is 0 Å². The highest BCUT2D eigenvalue weighted by Crippen LogP contribution is 2.33. The number of non-ortho nitro benzene ring substituents is 1. The van der Waals surface area contributed by atoms with Crippen LogP contribution in [-0.2, 0) is 17.8 Å². The summed E-state index contributed by atoms with van der Waals surface area (Å²) in [7, 11) is 0. The predicted molar refractivity (Wildman–Crippen MR) is 66.9 cm³/mol. The van der Waals surface area contributed by atoms with Crippen LogP contribution in [0.1, 0.15) is 11.3 Å². The van der Waals surface area contributed by atoms with Crippen molar-refractivity contribution < 1.29 is 14.8 Å². The molecule has 0 bridgehead atoms. The first-order chi connectivity index (χ1) is 9.08. The fourth-order valence-corrected chi connectivity index (χ4v) is 2.55. The van der Waals surface area contributed by atoms with Crippen molar-refractivity contribution >= 4 is 22.6 Å². The Morgan fingerprint density at radius 2 is 2.26 bits per heavy atom. The third-order valence-corrected chi connectivity index (χ3v) is 3.42. The summed E-state index contributed by atoms with van der Waals surface area (Å²) in [6.07, 6.45) is 0.246. The molecule has 3 rings (SSSR count). The Hall–Kier alpha value is -2.41. The van der Waals surface area contributed by atoms with Crippen molar-refractivity contribution in [2.45, 2.75) is 19.0 Å². The SMILES string of the molecule is O=C(O)C1Cc2c([nH]c3cccc([N+](=O)[O-])c23)CN1. The van der Waals surface area contributed by atoms with Gasteiger partial charge in [0.1, 0.15) is 6.04 Å². The highest BCUT2D eigenvalue weighted by molar-refractivity contribution is 5.93. The van der Waals surface area contributed by atoms with Gasteiger partial charge in [-0.05, 0) is 11.6 Å². The standard InChI is InChI=1S/C12H11N3O4/c16-12(17)8-4-6-9(5-13-8)14-7-2-1-3-10(11(6)7)15(18)19/h1-3,8,13-14H,4-5H2,(H,16,17). The van der Waals surface area contributed by atoms with Crippen LogP contribution in [0.4, 0.5) is 5.69 Å². The second-order valence-electron chi connectivity index (χ2n) is 4.51. The van der Waals surface area contributed by atoms with Crippen LogP contribution < -0.4 is 5.32 Å². The Morgan fingerprint density at radius 1 is 1.47 bits per heavy atom. The molecular weight excluding hydrogens is 250 g/mol. The molecule has 1 aliphatic rings. The molecule has 1 atom stereocenters. The third kappa shape index (κ3) is 1.75. The molecule has 1 aromatic carbocycles. The molecule has 0 spiro atoms. The highest BCUT2D eigenvalue weighted by atomic mass is 16.6. The van der Waals surface area contributed by atoms with Gasteiger partial charge in [0, 0.05) is 24.7 Å². The van der Waals surface area contributed by atoms with E-state index in [9.17, 15) is 14.9 Å². The highest BCUT2D eigenvalue weighted by Gasteiger charge is 2.29. The Labute approximate surface area is 107 Å². The molecule has 7 nitrogen and oxygen atoms in total. The van der Waals surface area contributed by atoms with Crippen molar-refractivity contribution in [1.29, 1.82) is 0 Å². The molecule has 3 N–H and O–H groups in total. The van der Waals surface area contributed by atoms with Crippen LogP contribution in [0.15, 0.2) is 18.2 Å². The van der Waals surface area contributed by atoms with Crippen LogP contribution in [0.2, 0.25) is 0 Å². The summed E-state index contributed by atoms with van der Waals surface area (Å²) >= 11 is 0. The molecule has 1 unspecified atom stereocenters. The number of carboxylic acid groups (broad SMARTS) is 1. The molecule has 19 heavy (non-hydrogen) atoms. The van der Waals surface area contributed by atoms with Gasteiger partial charge in [0.15, 0.2) is 0 Å². The number of hydrogen-bond donors (Lipinski definition) is 3. The van der Waals surface area contributed by atoms with Crippen molar-refractivity contribution in [2.75, 3.05) is 0 Å². The lowest BCUT2D eigenvalue weighted by Crippen LogP contribution is -2.41. The average molecular weight is 261 g/mol. The number of nitro groups is 1. The molecule has 0 saturated heterocycles. The number of nitrogens with zero attached hydrogens (tertiary/aromatic N) is 1. The zero-order chi connectivity index (χ0) is 13.6. The van der Waals surface area contributed by atoms with E-state index in [1.54, 1.807) is 12.1 Å². The van der Waals surface area contributed by atoms with Gasteiger partial charge in [-0.15, -0.1) is 0 Å². The largest absolute Gasteiger partial charge is 0.480 e. The van der Waals surface area contributed by atoms with E-state index in [1.807, 2.05) is 0 Å². The molecule has 7 heteroatoms. The maximum absolute atomic E-state index is 11.1. The number of carbonyl (C=O) groups is 1. The number of hydrogen-bond acceptors (Lipinski definition) is 4. The molecule has 2 aromatic rings. The molecule has 0 saturated carbocycles. The summed E-state index contributed by atoms with van der Waals surface area (Å²) in [6.45, 7) is 0.373. The van der Waals surface area contributed by atoms with Crippen LogP contribution >= 0.6 is 0 Å². The summed E-state index contributed by atoms with van der Waals surface area (Å²) in [6, 6.07) is 4.11. The summed E-state index contributed by atoms with van der Waals surface area (Å²) in [5.41, 5.74) is 2.24. The van der Waals surface area contributed by atoms with Gasteiger partial charge < -0.3 is 10.1 Å². The van der Waals surface area contributed by atoms with Gasteiger partial charge in [-0.3, -0.25) is 20.2 Å². The number of nitrogens with one attached hydrogen (secondary N) is 2. The quantitative estimate of drug-likeness (QED) is 0.555. The third-order valence-electron chi connectivity index (χ3n) is 3.42. The lowest BCUT2D eigenvalue weighted by Gasteiger charge is -2.20.